The molecule has 1 aromatic carbocycles. The lowest BCUT2D eigenvalue weighted by molar-refractivity contribution is -0.129. The number of hydrogen-bond donors (Lipinski definition) is 0. The van der Waals surface area contributed by atoms with Crippen LogP contribution < -0.4 is 0 Å². The molecular weight excluding hydrogens is 369 g/mol. The summed E-state index contributed by atoms with van der Waals surface area (Å²) in [5.74, 6) is 0.700. The van der Waals surface area contributed by atoms with Gasteiger partial charge in [-0.1, -0.05) is 24.9 Å². The number of aromatic nitrogens is 4. The van der Waals surface area contributed by atoms with Crippen molar-refractivity contribution in [1.82, 2.24) is 24.2 Å². The van der Waals surface area contributed by atoms with Gasteiger partial charge in [-0.2, -0.15) is 5.10 Å². The van der Waals surface area contributed by atoms with Gasteiger partial charge in [0.25, 0.3) is 0 Å². The highest BCUT2D eigenvalue weighted by Gasteiger charge is 2.30. The second kappa shape index (κ2) is 6.96. The second-order valence-corrected chi connectivity index (χ2v) is 7.52. The molecule has 142 valence electrons. The van der Waals surface area contributed by atoms with Crippen LogP contribution in [0.4, 0.5) is 4.39 Å². The van der Waals surface area contributed by atoms with E-state index in [-0.39, 0.29) is 11.7 Å². The zero-order valence-electron chi connectivity index (χ0n) is 15.3. The average molecular weight is 390 g/mol. The Morgan fingerprint density at radius 2 is 2.19 bits per heavy atom. The molecule has 1 fully saturated rings. The first kappa shape index (κ1) is 18.0. The van der Waals surface area contributed by atoms with Crippen molar-refractivity contribution in [3.05, 3.63) is 35.2 Å². The summed E-state index contributed by atoms with van der Waals surface area (Å²) in [7, 11) is 1.78. The van der Waals surface area contributed by atoms with Crippen LogP contribution in [-0.2, 0) is 18.5 Å². The maximum atomic E-state index is 13.7. The van der Waals surface area contributed by atoms with Crippen molar-refractivity contribution in [3.63, 3.8) is 0 Å². The monoisotopic (exact) mass is 389 g/mol. The van der Waals surface area contributed by atoms with Gasteiger partial charge in [-0.15, -0.1) is 0 Å². The van der Waals surface area contributed by atoms with E-state index in [9.17, 15) is 9.18 Å². The van der Waals surface area contributed by atoms with Crippen molar-refractivity contribution in [3.8, 4) is 11.5 Å². The Bertz CT molecular complexity index is 1010. The molecule has 0 N–H and O–H groups in total. The number of aryl methyl sites for hydroxylation is 1. The third kappa shape index (κ3) is 3.32. The highest BCUT2D eigenvalue weighted by atomic mass is 35.5. The number of halogens is 2. The van der Waals surface area contributed by atoms with Crippen LogP contribution in [0.5, 0.6) is 0 Å². The summed E-state index contributed by atoms with van der Waals surface area (Å²) in [4.78, 5) is 18.9. The Morgan fingerprint density at radius 3 is 2.89 bits per heavy atom. The van der Waals surface area contributed by atoms with E-state index < -0.39 is 0 Å². The Kier molecular flexibility index (Phi) is 4.63. The Labute approximate surface area is 161 Å². The topological polar surface area (TPSA) is 56.0 Å². The highest BCUT2D eigenvalue weighted by Crippen LogP contribution is 2.31. The summed E-state index contributed by atoms with van der Waals surface area (Å²) < 4.78 is 17.2. The molecule has 3 aromatic rings. The number of benzene rings is 1. The van der Waals surface area contributed by atoms with Crippen molar-refractivity contribution < 1.29 is 9.18 Å². The molecule has 1 atom stereocenters. The van der Waals surface area contributed by atoms with Gasteiger partial charge in [0, 0.05) is 32.3 Å². The molecule has 4 rings (SSSR count). The number of fused-ring (bicyclic) bond motifs is 1. The first-order chi connectivity index (χ1) is 13.0. The molecule has 8 heteroatoms. The minimum absolute atomic E-state index is 0.135. The van der Waals surface area contributed by atoms with Crippen LogP contribution in [0, 0.1) is 11.7 Å². The lowest BCUT2D eigenvalue weighted by Gasteiger charge is -2.19. The standard InChI is InChI=1S/C19H21ClFN5O/c1-3-4-12-7-17(27)25(9-12)11-26-16-6-5-13(21)8-15(16)22-19(26)18-14(20)10-24(2)23-18/h5-6,8,10,12H,3-4,7,9,11H2,1-2H3. The van der Waals surface area contributed by atoms with Crippen molar-refractivity contribution in [2.75, 3.05) is 6.54 Å². The maximum Gasteiger partial charge on any atom is 0.224 e. The SMILES string of the molecule is CCCC1CC(=O)N(Cn2c(-c3nn(C)cc3Cl)nc3cc(F)ccc32)C1. The van der Waals surface area contributed by atoms with E-state index in [1.54, 1.807) is 24.0 Å². The Morgan fingerprint density at radius 1 is 1.37 bits per heavy atom. The van der Waals surface area contributed by atoms with Gasteiger partial charge < -0.3 is 9.47 Å². The molecule has 1 unspecified atom stereocenters. The molecular formula is C19H21ClFN5O. The highest BCUT2D eigenvalue weighted by molar-refractivity contribution is 6.32. The van der Waals surface area contributed by atoms with E-state index >= 15 is 0 Å². The number of rotatable bonds is 5. The van der Waals surface area contributed by atoms with Crippen LogP contribution in [0.1, 0.15) is 26.2 Å². The van der Waals surface area contributed by atoms with Gasteiger partial charge in [0.05, 0.1) is 22.7 Å². The molecule has 0 bridgehead atoms. The minimum atomic E-state index is -0.355. The Hall–Kier alpha value is -2.41. The summed E-state index contributed by atoms with van der Waals surface area (Å²) in [6, 6.07) is 4.47. The number of imidazole rings is 1. The summed E-state index contributed by atoms with van der Waals surface area (Å²) in [6.45, 7) is 3.21. The number of hydrogen-bond acceptors (Lipinski definition) is 3. The number of likely N-dealkylation sites (tertiary alicyclic amines) is 1. The van der Waals surface area contributed by atoms with E-state index in [2.05, 4.69) is 17.0 Å². The number of carbonyl (C=O) groups is 1. The van der Waals surface area contributed by atoms with Crippen LogP contribution in [0.15, 0.2) is 24.4 Å². The summed E-state index contributed by atoms with van der Waals surface area (Å²) >= 11 is 6.33. The predicted octanol–water partition coefficient (Wildman–Crippen LogP) is 3.84. The average Bonchev–Trinajstić information content (AvgIpc) is 3.24. The lowest BCUT2D eigenvalue weighted by atomic mass is 10.0. The van der Waals surface area contributed by atoms with Crippen LogP contribution in [-0.4, -0.2) is 36.7 Å². The Balaban J connectivity index is 1.77. The number of carbonyl (C=O) groups excluding carboxylic acids is 1. The zero-order chi connectivity index (χ0) is 19.1. The smallest absolute Gasteiger partial charge is 0.224 e. The summed E-state index contributed by atoms with van der Waals surface area (Å²) in [5, 5.41) is 4.87. The fourth-order valence-electron chi connectivity index (χ4n) is 3.80. The maximum absolute atomic E-state index is 13.7. The summed E-state index contributed by atoms with van der Waals surface area (Å²) in [5.41, 5.74) is 1.79. The van der Waals surface area contributed by atoms with Crippen molar-refractivity contribution in [2.24, 2.45) is 13.0 Å². The molecule has 6 nitrogen and oxygen atoms in total. The normalized spacial score (nSPS) is 17.4. The molecule has 0 radical (unpaired) electrons. The quantitative estimate of drug-likeness (QED) is 0.666. The largest absolute Gasteiger partial charge is 0.324 e. The molecule has 1 saturated heterocycles. The van der Waals surface area contributed by atoms with Gasteiger partial charge >= 0.3 is 0 Å². The molecule has 3 heterocycles. The first-order valence-corrected chi connectivity index (χ1v) is 9.47. The van der Waals surface area contributed by atoms with E-state index in [0.29, 0.717) is 41.1 Å². The van der Waals surface area contributed by atoms with Gasteiger partial charge in [-0.25, -0.2) is 9.37 Å². The fraction of sp³-hybridized carbons (Fsp3) is 0.421. The van der Waals surface area contributed by atoms with E-state index in [1.807, 2.05) is 9.47 Å². The third-order valence-corrected chi connectivity index (χ3v) is 5.29. The van der Waals surface area contributed by atoms with Crippen molar-refractivity contribution in [2.45, 2.75) is 32.9 Å². The molecule has 0 spiro atoms. The third-order valence-electron chi connectivity index (χ3n) is 5.01. The van der Waals surface area contributed by atoms with Crippen LogP contribution >= 0.6 is 11.6 Å². The number of nitrogens with zero attached hydrogens (tertiary/aromatic N) is 5. The van der Waals surface area contributed by atoms with Gasteiger partial charge in [-0.05, 0) is 24.5 Å². The molecule has 27 heavy (non-hydrogen) atoms. The first-order valence-electron chi connectivity index (χ1n) is 9.09. The van der Waals surface area contributed by atoms with Crippen molar-refractivity contribution in [1.29, 1.82) is 0 Å². The molecule has 1 aliphatic heterocycles. The van der Waals surface area contributed by atoms with E-state index in [1.165, 1.54) is 12.1 Å². The van der Waals surface area contributed by atoms with Gasteiger partial charge in [0.2, 0.25) is 5.91 Å². The van der Waals surface area contributed by atoms with Crippen LogP contribution in [0.25, 0.3) is 22.6 Å². The van der Waals surface area contributed by atoms with Gasteiger partial charge in [-0.3, -0.25) is 9.48 Å². The van der Waals surface area contributed by atoms with E-state index in [4.69, 9.17) is 11.6 Å². The molecule has 0 saturated carbocycles. The van der Waals surface area contributed by atoms with E-state index in [0.717, 1.165) is 24.9 Å². The fourth-order valence-corrected chi connectivity index (χ4v) is 4.06. The lowest BCUT2D eigenvalue weighted by Crippen LogP contribution is -2.28. The van der Waals surface area contributed by atoms with Crippen LogP contribution in [0.3, 0.4) is 0 Å². The molecule has 1 amide bonds. The molecule has 2 aromatic heterocycles. The molecule has 0 aliphatic carbocycles. The van der Waals surface area contributed by atoms with Gasteiger partial charge in [0.1, 0.15) is 11.5 Å². The molecule has 1 aliphatic rings. The predicted molar refractivity (Wildman–Crippen MR) is 102 cm³/mol. The zero-order valence-corrected chi connectivity index (χ0v) is 16.1. The van der Waals surface area contributed by atoms with Gasteiger partial charge in [0.15, 0.2) is 5.82 Å². The minimum Gasteiger partial charge on any atom is -0.324 e. The van der Waals surface area contributed by atoms with Crippen molar-refractivity contribution >= 4 is 28.5 Å². The number of amides is 1. The summed E-state index contributed by atoms with van der Waals surface area (Å²) in [6.07, 6.45) is 4.37. The second-order valence-electron chi connectivity index (χ2n) is 7.11. The van der Waals surface area contributed by atoms with Crippen LogP contribution in [0.2, 0.25) is 5.02 Å².